The van der Waals surface area contributed by atoms with E-state index in [0.717, 1.165) is 16.7 Å². The van der Waals surface area contributed by atoms with Crippen molar-refractivity contribution in [2.24, 2.45) is 0 Å². The molecule has 0 amide bonds. The summed E-state index contributed by atoms with van der Waals surface area (Å²) in [5.74, 6) is -0.702. The molecule has 25 heavy (non-hydrogen) atoms. The van der Waals surface area contributed by atoms with Gasteiger partial charge in [-0.3, -0.25) is 0 Å². The number of benzene rings is 2. The van der Waals surface area contributed by atoms with Crippen molar-refractivity contribution in [3.8, 4) is 0 Å². The van der Waals surface area contributed by atoms with E-state index in [9.17, 15) is 13.2 Å². The molecule has 2 aliphatic heterocycles. The summed E-state index contributed by atoms with van der Waals surface area (Å²) in [5.41, 5.74) is 2.37. The Morgan fingerprint density at radius 1 is 1.24 bits per heavy atom. The largest absolute Gasteiger partial charge is 0.467 e. The first-order valence-corrected chi connectivity index (χ1v) is 9.70. The molecule has 0 N–H and O–H groups in total. The van der Waals surface area contributed by atoms with E-state index in [1.165, 1.54) is 11.4 Å². The van der Waals surface area contributed by atoms with Crippen molar-refractivity contribution in [1.29, 1.82) is 0 Å². The van der Waals surface area contributed by atoms with E-state index in [-0.39, 0.29) is 16.9 Å². The van der Waals surface area contributed by atoms with E-state index in [0.29, 0.717) is 12.0 Å². The lowest BCUT2D eigenvalue weighted by molar-refractivity contribution is -0.166. The summed E-state index contributed by atoms with van der Waals surface area (Å²) in [6.45, 7) is 1.90. The van der Waals surface area contributed by atoms with Crippen LogP contribution in [-0.2, 0) is 31.5 Å². The highest BCUT2D eigenvalue weighted by Crippen LogP contribution is 2.66. The number of rotatable bonds is 1. The van der Waals surface area contributed by atoms with Gasteiger partial charge in [0.1, 0.15) is 0 Å². The van der Waals surface area contributed by atoms with Crippen LogP contribution in [0, 0.1) is 6.92 Å². The molecule has 2 unspecified atom stereocenters. The Morgan fingerprint density at radius 2 is 2.00 bits per heavy atom. The maximum Gasteiger partial charge on any atom is 0.332 e. The molecule has 2 aromatic carbocycles. The third-order valence-electron chi connectivity index (χ3n) is 5.88. The van der Waals surface area contributed by atoms with Crippen molar-refractivity contribution >= 4 is 16.0 Å². The first-order valence-electron chi connectivity index (χ1n) is 8.26. The third-order valence-corrected chi connectivity index (χ3v) is 7.87. The van der Waals surface area contributed by atoms with Gasteiger partial charge in [0.05, 0.1) is 12.0 Å². The summed E-state index contributed by atoms with van der Waals surface area (Å²) in [4.78, 5) is 13.2. The van der Waals surface area contributed by atoms with E-state index in [1.807, 2.05) is 37.3 Å². The summed E-state index contributed by atoms with van der Waals surface area (Å²) < 4.78 is 32.9. The molecule has 1 aliphatic carbocycles. The molecule has 6 heteroatoms. The third kappa shape index (κ3) is 1.49. The van der Waals surface area contributed by atoms with E-state index < -0.39 is 21.5 Å². The van der Waals surface area contributed by atoms with Crippen LogP contribution in [0.15, 0.2) is 47.4 Å². The number of hydrogen-bond donors (Lipinski definition) is 0. The Balaban J connectivity index is 1.86. The van der Waals surface area contributed by atoms with Gasteiger partial charge in [-0.15, -0.1) is 0 Å². The molecule has 1 fully saturated rings. The van der Waals surface area contributed by atoms with E-state index in [2.05, 4.69) is 0 Å². The van der Waals surface area contributed by atoms with Gasteiger partial charge in [-0.2, -0.15) is 4.31 Å². The maximum absolute atomic E-state index is 13.2. The highest BCUT2D eigenvalue weighted by molar-refractivity contribution is 7.89. The molecule has 0 radical (unpaired) electrons. The van der Waals surface area contributed by atoms with Crippen molar-refractivity contribution in [3.63, 3.8) is 0 Å². The lowest BCUT2D eigenvalue weighted by Crippen LogP contribution is -2.70. The Morgan fingerprint density at radius 3 is 2.76 bits per heavy atom. The van der Waals surface area contributed by atoms with Crippen molar-refractivity contribution in [1.82, 2.24) is 4.31 Å². The lowest BCUT2D eigenvalue weighted by atomic mass is 9.66. The number of carbonyl (C=O) groups is 1. The number of esters is 1. The van der Waals surface area contributed by atoms with Crippen LogP contribution in [-0.4, -0.2) is 31.8 Å². The number of ether oxygens (including phenoxy) is 1. The second kappa shape index (κ2) is 4.51. The predicted molar refractivity (Wildman–Crippen MR) is 90.6 cm³/mol. The summed E-state index contributed by atoms with van der Waals surface area (Å²) in [6.07, 6.45) is 0.631. The normalized spacial score (nSPS) is 30.6. The quantitative estimate of drug-likeness (QED) is 0.735. The Kier molecular flexibility index (Phi) is 2.72. The molecule has 0 saturated carbocycles. The minimum atomic E-state index is -3.72. The Bertz CT molecular complexity index is 1050. The molecule has 0 aromatic heterocycles. The molecule has 2 aromatic rings. The number of sulfonamides is 1. The van der Waals surface area contributed by atoms with Crippen molar-refractivity contribution in [2.45, 2.75) is 35.7 Å². The van der Waals surface area contributed by atoms with E-state index >= 15 is 0 Å². The van der Waals surface area contributed by atoms with Crippen LogP contribution < -0.4 is 0 Å². The summed E-state index contributed by atoms with van der Waals surface area (Å²) in [7, 11) is -2.39. The molecule has 0 spiro atoms. The number of nitrogens with zero attached hydrogens (tertiary/aromatic N) is 1. The molecule has 1 saturated heterocycles. The van der Waals surface area contributed by atoms with Crippen LogP contribution in [0.4, 0.5) is 0 Å². The fourth-order valence-corrected chi connectivity index (χ4v) is 7.18. The van der Waals surface area contributed by atoms with Gasteiger partial charge in [0, 0.05) is 17.5 Å². The Hall–Kier alpha value is -2.18. The predicted octanol–water partition coefficient (Wildman–Crippen LogP) is 2.09. The number of carbonyl (C=O) groups excluding carboxylic acids is 1. The van der Waals surface area contributed by atoms with Gasteiger partial charge < -0.3 is 4.74 Å². The monoisotopic (exact) mass is 355 g/mol. The highest BCUT2D eigenvalue weighted by atomic mass is 32.2. The number of hydrogen-bond acceptors (Lipinski definition) is 4. The fourth-order valence-electron chi connectivity index (χ4n) is 5.02. The number of methoxy groups -OCH3 is 1. The van der Waals surface area contributed by atoms with Gasteiger partial charge in [0.15, 0.2) is 5.54 Å². The maximum atomic E-state index is 13.2. The molecule has 5 rings (SSSR count). The number of fused-ring (bicyclic) bond motifs is 8. The molecule has 3 atom stereocenters. The van der Waals surface area contributed by atoms with Crippen molar-refractivity contribution < 1.29 is 17.9 Å². The molecule has 0 bridgehead atoms. The Labute approximate surface area is 146 Å². The molecule has 3 aliphatic rings. The van der Waals surface area contributed by atoms with Gasteiger partial charge in [-0.05, 0) is 30.5 Å². The second-order valence-corrected chi connectivity index (χ2v) is 8.79. The van der Waals surface area contributed by atoms with Crippen LogP contribution in [0.3, 0.4) is 0 Å². The topological polar surface area (TPSA) is 63.7 Å². The van der Waals surface area contributed by atoms with E-state index in [1.54, 1.807) is 12.1 Å². The smallest absolute Gasteiger partial charge is 0.332 e. The molecule has 2 heterocycles. The molecule has 128 valence electrons. The first kappa shape index (κ1) is 15.1. The highest BCUT2D eigenvalue weighted by Gasteiger charge is 2.77. The molecular formula is C19H17NO4S. The van der Waals surface area contributed by atoms with Crippen LogP contribution in [0.5, 0.6) is 0 Å². The zero-order valence-corrected chi connectivity index (χ0v) is 14.7. The van der Waals surface area contributed by atoms with E-state index in [4.69, 9.17) is 4.74 Å². The zero-order chi connectivity index (χ0) is 17.6. The van der Waals surface area contributed by atoms with Gasteiger partial charge in [-0.25, -0.2) is 13.2 Å². The first-order chi connectivity index (χ1) is 11.9. The van der Waals surface area contributed by atoms with Crippen LogP contribution in [0.1, 0.15) is 28.2 Å². The summed E-state index contributed by atoms with van der Waals surface area (Å²) in [6, 6.07) is 12.9. The van der Waals surface area contributed by atoms with Gasteiger partial charge >= 0.3 is 5.97 Å². The molecule has 5 nitrogen and oxygen atoms in total. The van der Waals surface area contributed by atoms with Gasteiger partial charge in [-0.1, -0.05) is 42.0 Å². The average Bonchev–Trinajstić information content (AvgIpc) is 2.97. The lowest BCUT2D eigenvalue weighted by Gasteiger charge is -2.54. The fraction of sp³-hybridized carbons (Fsp3) is 0.316. The van der Waals surface area contributed by atoms with Gasteiger partial charge in [0.2, 0.25) is 10.0 Å². The standard InChI is InChI=1S/C19H17NO4S/c1-11-7-8-16-14(9-11)19(18(21)24-2)17-13-6-4-3-5-12(13)10-15(17)20(19)25(16,22)23/h3-9,15,17H,10H2,1-2H3/t15?,17?,19-/m1/s1. The van der Waals surface area contributed by atoms with Gasteiger partial charge in [0.25, 0.3) is 0 Å². The zero-order valence-electron chi connectivity index (χ0n) is 13.9. The average molecular weight is 355 g/mol. The minimum absolute atomic E-state index is 0.200. The summed E-state index contributed by atoms with van der Waals surface area (Å²) >= 11 is 0. The van der Waals surface area contributed by atoms with Crippen LogP contribution >= 0.6 is 0 Å². The van der Waals surface area contributed by atoms with Crippen LogP contribution in [0.2, 0.25) is 0 Å². The summed E-state index contributed by atoms with van der Waals surface area (Å²) in [5, 5.41) is 0. The minimum Gasteiger partial charge on any atom is -0.467 e. The SMILES string of the molecule is COC(=O)[C@]12c3cc(C)ccc3S(=O)(=O)N1C1Cc3ccccc3C12. The molecular weight excluding hydrogens is 338 g/mol. The van der Waals surface area contributed by atoms with Crippen molar-refractivity contribution in [2.75, 3.05) is 7.11 Å². The van der Waals surface area contributed by atoms with Crippen molar-refractivity contribution in [3.05, 3.63) is 64.7 Å². The van der Waals surface area contributed by atoms with Crippen LogP contribution in [0.25, 0.3) is 0 Å². The second-order valence-electron chi connectivity index (χ2n) is 7.01. The number of aryl methyl sites for hydroxylation is 1.